The number of benzene rings is 1. The largest absolute Gasteiger partial charge is 0.416 e. The molecular weight excluding hydrogens is 323 g/mol. The molecule has 1 fully saturated rings. The predicted molar refractivity (Wildman–Crippen MR) is 83.5 cm³/mol. The van der Waals surface area contributed by atoms with Crippen molar-refractivity contribution in [2.45, 2.75) is 31.2 Å². The highest BCUT2D eigenvalue weighted by molar-refractivity contribution is 7.10. The van der Waals surface area contributed by atoms with E-state index in [1.807, 2.05) is 11.4 Å². The fourth-order valence-electron chi connectivity index (χ4n) is 3.60. The van der Waals surface area contributed by atoms with Crippen molar-refractivity contribution in [3.63, 3.8) is 0 Å². The Labute approximate surface area is 136 Å². The van der Waals surface area contributed by atoms with E-state index in [2.05, 4.69) is 11.4 Å². The van der Waals surface area contributed by atoms with Gasteiger partial charge in [-0.2, -0.15) is 13.2 Å². The molecule has 0 spiro atoms. The van der Waals surface area contributed by atoms with Crippen LogP contribution >= 0.6 is 11.3 Å². The number of ether oxygens (including phenoxy) is 1. The summed E-state index contributed by atoms with van der Waals surface area (Å²) in [6, 6.07) is 8.10. The molecule has 2 nitrogen and oxygen atoms in total. The lowest BCUT2D eigenvalue weighted by molar-refractivity contribution is -0.137. The predicted octanol–water partition coefficient (Wildman–Crippen LogP) is 5.40. The molecule has 1 aromatic heterocycles. The fourth-order valence-corrected chi connectivity index (χ4v) is 4.45. The molecular formula is C17H16F3NOS. The number of halogens is 3. The summed E-state index contributed by atoms with van der Waals surface area (Å²) in [6.07, 6.45) is -2.70. The molecule has 2 aliphatic rings. The zero-order valence-corrected chi connectivity index (χ0v) is 13.1. The summed E-state index contributed by atoms with van der Waals surface area (Å²) in [6.45, 7) is 0.605. The van der Waals surface area contributed by atoms with Gasteiger partial charge in [0.2, 0.25) is 0 Å². The molecule has 2 aliphatic heterocycles. The first-order valence-corrected chi connectivity index (χ1v) is 8.55. The standard InChI is InChI=1S/C17H16F3NOS/c18-17(19,20)10-5-6-13-12(9-10)16-11(3-1-7-22-16)15(21-13)14-4-2-8-23-14/h2,4-6,8-9,11,15-16,21H,1,3,7H2/t11-,15+,16?/m0/s1. The first-order chi connectivity index (χ1) is 11.0. The van der Waals surface area contributed by atoms with E-state index in [1.165, 1.54) is 17.0 Å². The molecule has 0 saturated carbocycles. The number of thiophene rings is 1. The normalized spacial score (nSPS) is 27.0. The quantitative estimate of drug-likeness (QED) is 0.751. The highest BCUT2D eigenvalue weighted by atomic mass is 32.1. The molecule has 1 N–H and O–H groups in total. The van der Waals surface area contributed by atoms with Crippen molar-refractivity contribution in [2.24, 2.45) is 5.92 Å². The van der Waals surface area contributed by atoms with Gasteiger partial charge in [0.1, 0.15) is 0 Å². The Morgan fingerprint density at radius 1 is 1.22 bits per heavy atom. The van der Waals surface area contributed by atoms with Gasteiger partial charge in [0, 0.05) is 28.7 Å². The Balaban J connectivity index is 1.78. The molecule has 3 atom stereocenters. The number of alkyl halides is 3. The average molecular weight is 339 g/mol. The summed E-state index contributed by atoms with van der Waals surface area (Å²) in [5, 5.41) is 5.47. The van der Waals surface area contributed by atoms with Crippen molar-refractivity contribution in [3.05, 3.63) is 51.7 Å². The SMILES string of the molecule is FC(F)(F)c1ccc2c(c1)C1OCCC[C@H]1[C@H](c1cccs1)N2. The minimum absolute atomic E-state index is 0.101. The lowest BCUT2D eigenvalue weighted by atomic mass is 9.79. The van der Waals surface area contributed by atoms with Crippen LogP contribution in [0.2, 0.25) is 0 Å². The molecule has 3 heterocycles. The molecule has 4 rings (SSSR count). The monoisotopic (exact) mass is 339 g/mol. The first-order valence-electron chi connectivity index (χ1n) is 7.67. The number of hydrogen-bond acceptors (Lipinski definition) is 3. The summed E-state index contributed by atoms with van der Waals surface area (Å²) in [7, 11) is 0. The van der Waals surface area contributed by atoms with Crippen LogP contribution in [0.25, 0.3) is 0 Å². The summed E-state index contributed by atoms with van der Waals surface area (Å²) in [5.41, 5.74) is 0.775. The molecule has 0 aliphatic carbocycles. The maximum absolute atomic E-state index is 13.0. The van der Waals surface area contributed by atoms with Gasteiger partial charge in [-0.3, -0.25) is 0 Å². The summed E-state index contributed by atoms with van der Waals surface area (Å²) in [4.78, 5) is 1.20. The minimum Gasteiger partial charge on any atom is -0.377 e. The third kappa shape index (κ3) is 2.64. The number of rotatable bonds is 1. The topological polar surface area (TPSA) is 21.3 Å². The third-order valence-corrected chi connectivity index (χ3v) is 5.60. The second kappa shape index (κ2) is 5.53. The van der Waals surface area contributed by atoms with E-state index in [9.17, 15) is 13.2 Å². The van der Waals surface area contributed by atoms with Gasteiger partial charge in [-0.05, 0) is 42.5 Å². The van der Waals surface area contributed by atoms with Gasteiger partial charge in [0.15, 0.2) is 0 Å². The molecule has 0 amide bonds. The number of anilines is 1. The zero-order chi connectivity index (χ0) is 16.0. The summed E-state index contributed by atoms with van der Waals surface area (Å²) in [5.74, 6) is 0.165. The molecule has 2 aromatic rings. The zero-order valence-electron chi connectivity index (χ0n) is 12.3. The van der Waals surface area contributed by atoms with Crippen molar-refractivity contribution in [1.29, 1.82) is 0 Å². The van der Waals surface area contributed by atoms with Crippen molar-refractivity contribution >= 4 is 17.0 Å². The van der Waals surface area contributed by atoms with Gasteiger partial charge in [0.25, 0.3) is 0 Å². The van der Waals surface area contributed by atoms with Gasteiger partial charge in [0.05, 0.1) is 17.7 Å². The Morgan fingerprint density at radius 3 is 2.83 bits per heavy atom. The van der Waals surface area contributed by atoms with Crippen LogP contribution in [0.5, 0.6) is 0 Å². The van der Waals surface area contributed by atoms with E-state index >= 15 is 0 Å². The van der Waals surface area contributed by atoms with Crippen LogP contribution in [0.4, 0.5) is 18.9 Å². The summed E-state index contributed by atoms with van der Waals surface area (Å²) < 4.78 is 45.0. The molecule has 1 aromatic carbocycles. The Kier molecular flexibility index (Phi) is 3.61. The van der Waals surface area contributed by atoms with Gasteiger partial charge < -0.3 is 10.1 Å². The van der Waals surface area contributed by atoms with E-state index in [0.29, 0.717) is 12.2 Å². The van der Waals surface area contributed by atoms with E-state index in [1.54, 1.807) is 11.3 Å². The van der Waals surface area contributed by atoms with E-state index in [4.69, 9.17) is 4.74 Å². The molecule has 122 valence electrons. The van der Waals surface area contributed by atoms with Crippen molar-refractivity contribution < 1.29 is 17.9 Å². The second-order valence-electron chi connectivity index (χ2n) is 6.03. The smallest absolute Gasteiger partial charge is 0.377 e. The van der Waals surface area contributed by atoms with Crippen molar-refractivity contribution in [3.8, 4) is 0 Å². The average Bonchev–Trinajstić information content (AvgIpc) is 3.07. The molecule has 1 saturated heterocycles. The van der Waals surface area contributed by atoms with E-state index < -0.39 is 11.7 Å². The highest BCUT2D eigenvalue weighted by Crippen LogP contribution is 2.50. The van der Waals surface area contributed by atoms with Crippen LogP contribution in [0.15, 0.2) is 35.7 Å². The van der Waals surface area contributed by atoms with E-state index in [0.717, 1.165) is 24.6 Å². The maximum atomic E-state index is 13.0. The second-order valence-corrected chi connectivity index (χ2v) is 7.01. The lowest BCUT2D eigenvalue weighted by Crippen LogP contribution is -2.35. The molecule has 6 heteroatoms. The van der Waals surface area contributed by atoms with Crippen LogP contribution in [0, 0.1) is 5.92 Å². The Morgan fingerprint density at radius 2 is 2.09 bits per heavy atom. The van der Waals surface area contributed by atoms with Crippen LogP contribution in [-0.4, -0.2) is 6.61 Å². The number of hydrogen-bond donors (Lipinski definition) is 1. The highest BCUT2D eigenvalue weighted by Gasteiger charge is 2.41. The Hall–Kier alpha value is -1.53. The fraction of sp³-hybridized carbons (Fsp3) is 0.412. The first kappa shape index (κ1) is 15.0. The van der Waals surface area contributed by atoms with Gasteiger partial charge in [-0.25, -0.2) is 0 Å². The van der Waals surface area contributed by atoms with Crippen LogP contribution in [-0.2, 0) is 10.9 Å². The van der Waals surface area contributed by atoms with Crippen LogP contribution in [0.1, 0.15) is 41.0 Å². The molecule has 0 bridgehead atoms. The van der Waals surface area contributed by atoms with Gasteiger partial charge in [-0.1, -0.05) is 6.07 Å². The Bertz CT molecular complexity index is 698. The number of fused-ring (bicyclic) bond motifs is 3. The molecule has 1 unspecified atom stereocenters. The van der Waals surface area contributed by atoms with Crippen molar-refractivity contribution in [1.82, 2.24) is 0 Å². The van der Waals surface area contributed by atoms with E-state index in [-0.39, 0.29) is 18.1 Å². The van der Waals surface area contributed by atoms with Gasteiger partial charge in [-0.15, -0.1) is 11.3 Å². The molecule has 0 radical (unpaired) electrons. The number of nitrogens with one attached hydrogen (secondary N) is 1. The maximum Gasteiger partial charge on any atom is 0.416 e. The van der Waals surface area contributed by atoms with Gasteiger partial charge >= 0.3 is 6.18 Å². The lowest BCUT2D eigenvalue weighted by Gasteiger charge is -2.43. The van der Waals surface area contributed by atoms with Crippen molar-refractivity contribution in [2.75, 3.05) is 11.9 Å². The molecule has 23 heavy (non-hydrogen) atoms. The minimum atomic E-state index is -4.33. The van der Waals surface area contributed by atoms with Crippen LogP contribution < -0.4 is 5.32 Å². The van der Waals surface area contributed by atoms with Crippen LogP contribution in [0.3, 0.4) is 0 Å². The third-order valence-electron chi connectivity index (χ3n) is 4.64. The summed E-state index contributed by atoms with van der Waals surface area (Å²) >= 11 is 1.67.